The van der Waals surface area contributed by atoms with Crippen LogP contribution in [0, 0.1) is 23.3 Å². The lowest BCUT2D eigenvalue weighted by Gasteiger charge is -2.08. The molecule has 2 heterocycles. The van der Waals surface area contributed by atoms with E-state index in [4.69, 9.17) is 36.9 Å². The monoisotopic (exact) mass is 458 g/mol. The third-order valence-corrected chi connectivity index (χ3v) is 4.45. The van der Waals surface area contributed by atoms with E-state index in [0.29, 0.717) is 15.6 Å². The molecule has 11 heteroatoms. The second-order valence-corrected chi connectivity index (χ2v) is 6.74. The minimum atomic E-state index is -1.65. The molecule has 0 spiro atoms. The highest BCUT2D eigenvalue weighted by atomic mass is 35.5. The lowest BCUT2D eigenvalue weighted by molar-refractivity contribution is 0.237. The van der Waals surface area contributed by atoms with E-state index in [1.807, 2.05) is 0 Å². The molecule has 2 aromatic heterocycles. The number of nitrogens with zero attached hydrogens (tertiary/aromatic N) is 2. The van der Waals surface area contributed by atoms with Crippen LogP contribution in [0.15, 0.2) is 45.3 Å². The summed E-state index contributed by atoms with van der Waals surface area (Å²) in [6.45, 7) is -0.513. The smallest absolute Gasteiger partial charge is 0.293 e. The molecule has 2 aromatic carbocycles. The number of hydrogen-bond acceptors (Lipinski definition) is 5. The lowest BCUT2D eigenvalue weighted by atomic mass is 10.2. The molecule has 30 heavy (non-hydrogen) atoms. The SMILES string of the molecule is Fc1cc(F)c(F)c(OCc2ccc(-c3nc(-c4ccc(Cl)cc4Cl)no3)o2)c1F. The van der Waals surface area contributed by atoms with E-state index < -0.39 is 35.6 Å². The Morgan fingerprint density at radius 1 is 0.933 bits per heavy atom. The maximum absolute atomic E-state index is 13.6. The van der Waals surface area contributed by atoms with E-state index >= 15 is 0 Å². The fourth-order valence-electron chi connectivity index (χ4n) is 2.50. The molecule has 0 saturated carbocycles. The number of aromatic nitrogens is 2. The zero-order valence-corrected chi connectivity index (χ0v) is 16.1. The maximum atomic E-state index is 13.6. The van der Waals surface area contributed by atoms with Crippen molar-refractivity contribution >= 4 is 23.2 Å². The van der Waals surface area contributed by atoms with Crippen molar-refractivity contribution in [2.75, 3.05) is 0 Å². The average molecular weight is 459 g/mol. The largest absolute Gasteiger partial charge is 0.479 e. The summed E-state index contributed by atoms with van der Waals surface area (Å²) in [5, 5.41) is 4.57. The zero-order chi connectivity index (χ0) is 21.4. The summed E-state index contributed by atoms with van der Waals surface area (Å²) in [7, 11) is 0. The Balaban J connectivity index is 1.53. The fraction of sp³-hybridized carbons (Fsp3) is 0.0526. The fourth-order valence-corrected chi connectivity index (χ4v) is 2.99. The van der Waals surface area contributed by atoms with Crippen LogP contribution >= 0.6 is 23.2 Å². The second-order valence-electron chi connectivity index (χ2n) is 5.90. The molecule has 0 aliphatic heterocycles. The van der Waals surface area contributed by atoms with Crippen LogP contribution < -0.4 is 4.74 Å². The summed E-state index contributed by atoms with van der Waals surface area (Å²) >= 11 is 12.0. The molecule has 0 saturated heterocycles. The van der Waals surface area contributed by atoms with E-state index in [0.717, 1.165) is 0 Å². The molecule has 0 N–H and O–H groups in total. The first-order valence-electron chi connectivity index (χ1n) is 8.17. The van der Waals surface area contributed by atoms with Crippen LogP contribution in [0.1, 0.15) is 5.76 Å². The summed E-state index contributed by atoms with van der Waals surface area (Å²) in [5.41, 5.74) is 0.477. The van der Waals surface area contributed by atoms with Crippen LogP contribution in [0.25, 0.3) is 23.0 Å². The minimum absolute atomic E-state index is 0.00331. The van der Waals surface area contributed by atoms with Crippen LogP contribution in [-0.4, -0.2) is 10.1 Å². The molecule has 4 rings (SSSR count). The normalized spacial score (nSPS) is 11.1. The van der Waals surface area contributed by atoms with E-state index in [9.17, 15) is 17.6 Å². The van der Waals surface area contributed by atoms with Gasteiger partial charge in [0.2, 0.25) is 17.5 Å². The van der Waals surface area contributed by atoms with E-state index in [2.05, 4.69) is 10.1 Å². The van der Waals surface area contributed by atoms with Crippen molar-refractivity contribution in [3.05, 3.63) is 75.5 Å². The first-order chi connectivity index (χ1) is 14.3. The number of furan rings is 1. The molecule has 0 aliphatic carbocycles. The standard InChI is InChI=1S/C19H8Cl2F4N2O3/c20-8-1-3-10(11(21)5-8)18-26-19(30-27-18)14-4-2-9(29-14)7-28-17-15(24)12(22)6-13(23)16(17)25/h1-6H,7H2. The highest BCUT2D eigenvalue weighted by Crippen LogP contribution is 2.31. The number of benzene rings is 2. The number of halogens is 6. The van der Waals surface area contributed by atoms with Gasteiger partial charge in [-0.25, -0.2) is 8.78 Å². The maximum Gasteiger partial charge on any atom is 0.293 e. The Kier molecular flexibility index (Phi) is 5.40. The quantitative estimate of drug-likeness (QED) is 0.254. The van der Waals surface area contributed by atoms with Crippen LogP contribution in [0.3, 0.4) is 0 Å². The molecule has 0 atom stereocenters. The Morgan fingerprint density at radius 3 is 2.37 bits per heavy atom. The molecule has 154 valence electrons. The van der Waals surface area contributed by atoms with Gasteiger partial charge in [0.1, 0.15) is 12.4 Å². The van der Waals surface area contributed by atoms with Crippen molar-refractivity contribution < 1.29 is 31.2 Å². The van der Waals surface area contributed by atoms with Gasteiger partial charge in [-0.05, 0) is 30.3 Å². The van der Waals surface area contributed by atoms with Gasteiger partial charge in [0.05, 0.1) is 5.02 Å². The van der Waals surface area contributed by atoms with Gasteiger partial charge in [0.25, 0.3) is 5.89 Å². The highest BCUT2D eigenvalue weighted by molar-refractivity contribution is 6.36. The summed E-state index contributed by atoms with van der Waals surface area (Å²) in [5.74, 6) is -7.27. The third kappa shape index (κ3) is 3.86. The van der Waals surface area contributed by atoms with Crippen molar-refractivity contribution in [2.24, 2.45) is 0 Å². The lowest BCUT2D eigenvalue weighted by Crippen LogP contribution is -2.03. The van der Waals surface area contributed by atoms with Crippen molar-refractivity contribution in [3.8, 4) is 28.8 Å². The van der Waals surface area contributed by atoms with Crippen LogP contribution in [0.5, 0.6) is 5.75 Å². The van der Waals surface area contributed by atoms with Crippen LogP contribution in [0.4, 0.5) is 17.6 Å². The van der Waals surface area contributed by atoms with E-state index in [1.54, 1.807) is 12.1 Å². The molecule has 0 bridgehead atoms. The molecule has 0 unspecified atom stereocenters. The van der Waals surface area contributed by atoms with Gasteiger partial charge in [0.15, 0.2) is 23.1 Å². The van der Waals surface area contributed by atoms with Crippen LogP contribution in [0.2, 0.25) is 10.0 Å². The molecule has 0 radical (unpaired) electrons. The van der Waals surface area contributed by atoms with Crippen molar-refractivity contribution in [1.82, 2.24) is 10.1 Å². The van der Waals surface area contributed by atoms with Crippen molar-refractivity contribution in [1.29, 1.82) is 0 Å². The molecular formula is C19H8Cl2F4N2O3. The molecule has 5 nitrogen and oxygen atoms in total. The summed E-state index contributed by atoms with van der Waals surface area (Å²) in [4.78, 5) is 4.17. The Hall–Kier alpha value is -3.04. The first-order valence-corrected chi connectivity index (χ1v) is 8.93. The van der Waals surface area contributed by atoms with Gasteiger partial charge >= 0.3 is 0 Å². The predicted molar refractivity (Wildman–Crippen MR) is 98.1 cm³/mol. The molecule has 0 aliphatic rings. The van der Waals surface area contributed by atoms with Gasteiger partial charge in [-0.15, -0.1) is 0 Å². The summed E-state index contributed by atoms with van der Waals surface area (Å²) < 4.78 is 69.2. The molecule has 0 fully saturated rings. The molecular weight excluding hydrogens is 451 g/mol. The van der Waals surface area contributed by atoms with Gasteiger partial charge < -0.3 is 13.7 Å². The minimum Gasteiger partial charge on any atom is -0.479 e. The van der Waals surface area contributed by atoms with Gasteiger partial charge in [-0.3, -0.25) is 0 Å². The van der Waals surface area contributed by atoms with Crippen LogP contribution in [-0.2, 0) is 6.61 Å². The highest BCUT2D eigenvalue weighted by Gasteiger charge is 2.22. The first kappa shape index (κ1) is 20.2. The topological polar surface area (TPSA) is 61.3 Å². The second kappa shape index (κ2) is 8.00. The molecule has 4 aromatic rings. The third-order valence-electron chi connectivity index (χ3n) is 3.90. The Morgan fingerprint density at radius 2 is 1.67 bits per heavy atom. The molecule has 0 amide bonds. The Bertz CT molecular complexity index is 1220. The van der Waals surface area contributed by atoms with Crippen molar-refractivity contribution in [3.63, 3.8) is 0 Å². The zero-order valence-electron chi connectivity index (χ0n) is 14.6. The summed E-state index contributed by atoms with van der Waals surface area (Å²) in [6, 6.07) is 7.67. The average Bonchev–Trinajstić information content (AvgIpc) is 3.36. The Labute approximate surface area is 175 Å². The summed E-state index contributed by atoms with van der Waals surface area (Å²) in [6.07, 6.45) is 0. The predicted octanol–water partition coefficient (Wildman–Crippen LogP) is 6.44. The number of rotatable bonds is 5. The van der Waals surface area contributed by atoms with Gasteiger partial charge in [-0.1, -0.05) is 28.4 Å². The van der Waals surface area contributed by atoms with Crippen molar-refractivity contribution in [2.45, 2.75) is 6.61 Å². The van der Waals surface area contributed by atoms with E-state index in [-0.39, 0.29) is 29.3 Å². The van der Waals surface area contributed by atoms with Gasteiger partial charge in [-0.2, -0.15) is 13.8 Å². The number of ether oxygens (including phenoxy) is 1. The van der Waals surface area contributed by atoms with E-state index in [1.165, 1.54) is 18.2 Å². The van der Waals surface area contributed by atoms with Gasteiger partial charge in [0, 0.05) is 16.7 Å². The number of hydrogen-bond donors (Lipinski definition) is 0.